The third kappa shape index (κ3) is 3.63. The van der Waals surface area contributed by atoms with E-state index in [0.717, 1.165) is 5.56 Å². The number of halogens is 1. The number of pyridine rings is 1. The summed E-state index contributed by atoms with van der Waals surface area (Å²) < 4.78 is 0. The second kappa shape index (κ2) is 6.56. The molecule has 6 heteroatoms. The number of nitrogens with zero attached hydrogens (tertiary/aromatic N) is 2. The van der Waals surface area contributed by atoms with Gasteiger partial charge < -0.3 is 15.3 Å². The van der Waals surface area contributed by atoms with E-state index >= 15 is 0 Å². The zero-order valence-corrected chi connectivity index (χ0v) is 13.3. The van der Waals surface area contributed by atoms with E-state index in [1.165, 1.54) is 0 Å². The molecule has 0 saturated carbocycles. The van der Waals surface area contributed by atoms with Crippen LogP contribution in [0.5, 0.6) is 0 Å². The fraction of sp³-hybridized carbons (Fsp3) is 0.294. The third-order valence-electron chi connectivity index (χ3n) is 4.17. The third-order valence-corrected chi connectivity index (χ3v) is 4.42. The van der Waals surface area contributed by atoms with Gasteiger partial charge in [0.05, 0.1) is 5.60 Å². The predicted octanol–water partition coefficient (Wildman–Crippen LogP) is 3.25. The van der Waals surface area contributed by atoms with Crippen molar-refractivity contribution in [1.82, 2.24) is 9.88 Å². The molecule has 0 aliphatic carbocycles. The number of carbonyl (C=O) groups is 1. The van der Waals surface area contributed by atoms with Crippen LogP contribution < -0.4 is 5.32 Å². The van der Waals surface area contributed by atoms with Crippen molar-refractivity contribution in [2.24, 2.45) is 0 Å². The van der Waals surface area contributed by atoms with Gasteiger partial charge in [0, 0.05) is 41.8 Å². The number of benzene rings is 1. The summed E-state index contributed by atoms with van der Waals surface area (Å²) in [6.07, 6.45) is 4.35. The first-order valence-corrected chi connectivity index (χ1v) is 7.89. The van der Waals surface area contributed by atoms with Crippen molar-refractivity contribution in [2.45, 2.75) is 18.4 Å². The molecule has 3 rings (SSSR count). The summed E-state index contributed by atoms with van der Waals surface area (Å²) >= 11 is 5.83. The molecule has 2 aromatic rings. The molecule has 5 nitrogen and oxygen atoms in total. The first-order valence-electron chi connectivity index (χ1n) is 7.51. The van der Waals surface area contributed by atoms with Crippen LogP contribution in [0.3, 0.4) is 0 Å². The van der Waals surface area contributed by atoms with Gasteiger partial charge in [0.15, 0.2) is 0 Å². The van der Waals surface area contributed by atoms with Crippen molar-refractivity contribution >= 4 is 23.3 Å². The lowest BCUT2D eigenvalue weighted by Crippen LogP contribution is -2.46. The Morgan fingerprint density at radius 3 is 2.52 bits per heavy atom. The molecule has 0 unspecified atom stereocenters. The van der Waals surface area contributed by atoms with E-state index in [0.29, 0.717) is 36.6 Å². The molecule has 1 saturated heterocycles. The quantitative estimate of drug-likeness (QED) is 0.887. The summed E-state index contributed by atoms with van der Waals surface area (Å²) in [5.41, 5.74) is 0.593. The summed E-state index contributed by atoms with van der Waals surface area (Å²) in [5, 5.41) is 14.2. The molecular weight excluding hydrogens is 314 g/mol. The maximum atomic E-state index is 12.3. The van der Waals surface area contributed by atoms with Gasteiger partial charge in [0.25, 0.3) is 0 Å². The highest BCUT2D eigenvalue weighted by molar-refractivity contribution is 6.30. The molecule has 1 aromatic heterocycles. The second-order valence-electron chi connectivity index (χ2n) is 5.70. The van der Waals surface area contributed by atoms with Gasteiger partial charge in [-0.2, -0.15) is 0 Å². The molecule has 1 fully saturated rings. The van der Waals surface area contributed by atoms with E-state index in [1.54, 1.807) is 41.6 Å². The SMILES string of the molecule is O=C(Nc1ccc(Cl)cc1)N1CCC(O)(c2cccnc2)CC1. The molecule has 0 bridgehead atoms. The van der Waals surface area contributed by atoms with Crippen molar-refractivity contribution < 1.29 is 9.90 Å². The van der Waals surface area contributed by atoms with Gasteiger partial charge in [-0.3, -0.25) is 4.98 Å². The number of anilines is 1. The minimum atomic E-state index is -0.911. The lowest BCUT2D eigenvalue weighted by atomic mass is 9.85. The molecular formula is C17H18ClN3O2. The standard InChI is InChI=1S/C17H18ClN3O2/c18-14-3-5-15(6-4-14)20-16(22)21-10-7-17(23,8-11-21)13-2-1-9-19-12-13/h1-6,9,12,23H,7-8,10-11H2,(H,20,22). The minimum absolute atomic E-state index is 0.166. The van der Waals surface area contributed by atoms with Crippen LogP contribution in [-0.4, -0.2) is 34.1 Å². The maximum absolute atomic E-state index is 12.3. The molecule has 2 amide bonds. The topological polar surface area (TPSA) is 65.5 Å². The molecule has 1 aromatic carbocycles. The zero-order valence-electron chi connectivity index (χ0n) is 12.6. The number of piperidine rings is 1. The number of hydrogen-bond acceptors (Lipinski definition) is 3. The number of aromatic nitrogens is 1. The number of amides is 2. The minimum Gasteiger partial charge on any atom is -0.385 e. The molecule has 23 heavy (non-hydrogen) atoms. The number of carbonyl (C=O) groups excluding carboxylic acids is 1. The van der Waals surface area contributed by atoms with Gasteiger partial charge >= 0.3 is 6.03 Å². The van der Waals surface area contributed by atoms with Crippen LogP contribution in [0.1, 0.15) is 18.4 Å². The van der Waals surface area contributed by atoms with Gasteiger partial charge in [-0.15, -0.1) is 0 Å². The Morgan fingerprint density at radius 2 is 1.91 bits per heavy atom. The average Bonchev–Trinajstić information content (AvgIpc) is 2.58. The van der Waals surface area contributed by atoms with Crippen LogP contribution in [0, 0.1) is 0 Å². The van der Waals surface area contributed by atoms with Crippen molar-refractivity contribution in [3.8, 4) is 0 Å². The van der Waals surface area contributed by atoms with Gasteiger partial charge in [-0.05, 0) is 43.2 Å². The van der Waals surface area contributed by atoms with Crippen molar-refractivity contribution in [3.05, 3.63) is 59.4 Å². The summed E-state index contributed by atoms with van der Waals surface area (Å²) in [7, 11) is 0. The number of aliphatic hydroxyl groups is 1. The molecule has 120 valence electrons. The first kappa shape index (κ1) is 15.8. The van der Waals surface area contributed by atoms with E-state index in [2.05, 4.69) is 10.3 Å². The highest BCUT2D eigenvalue weighted by Crippen LogP contribution is 2.32. The number of hydrogen-bond donors (Lipinski definition) is 2. The van der Waals surface area contributed by atoms with Gasteiger partial charge in [-0.25, -0.2) is 4.79 Å². The van der Waals surface area contributed by atoms with Crippen LogP contribution in [0.25, 0.3) is 0 Å². The molecule has 2 heterocycles. The largest absolute Gasteiger partial charge is 0.385 e. The van der Waals surface area contributed by atoms with Crippen LogP contribution in [0.2, 0.25) is 5.02 Å². The summed E-state index contributed by atoms with van der Waals surface area (Å²) in [5.74, 6) is 0. The monoisotopic (exact) mass is 331 g/mol. The Balaban J connectivity index is 1.60. The van der Waals surface area contributed by atoms with Crippen LogP contribution in [0.4, 0.5) is 10.5 Å². The molecule has 1 aliphatic heterocycles. The van der Waals surface area contributed by atoms with E-state index in [-0.39, 0.29) is 6.03 Å². The second-order valence-corrected chi connectivity index (χ2v) is 6.13. The number of likely N-dealkylation sites (tertiary alicyclic amines) is 1. The number of urea groups is 1. The highest BCUT2D eigenvalue weighted by Gasteiger charge is 2.35. The Kier molecular flexibility index (Phi) is 4.50. The Morgan fingerprint density at radius 1 is 1.22 bits per heavy atom. The van der Waals surface area contributed by atoms with E-state index in [1.807, 2.05) is 12.1 Å². The van der Waals surface area contributed by atoms with E-state index < -0.39 is 5.60 Å². The number of rotatable bonds is 2. The van der Waals surface area contributed by atoms with Gasteiger partial charge in [-0.1, -0.05) is 17.7 Å². The lowest BCUT2D eigenvalue weighted by Gasteiger charge is -2.38. The van der Waals surface area contributed by atoms with Crippen molar-refractivity contribution in [1.29, 1.82) is 0 Å². The molecule has 0 radical (unpaired) electrons. The first-order chi connectivity index (χ1) is 11.1. The molecule has 0 atom stereocenters. The van der Waals surface area contributed by atoms with Gasteiger partial charge in [0.1, 0.15) is 0 Å². The van der Waals surface area contributed by atoms with Crippen molar-refractivity contribution in [3.63, 3.8) is 0 Å². The van der Waals surface area contributed by atoms with E-state index in [9.17, 15) is 9.90 Å². The number of nitrogens with one attached hydrogen (secondary N) is 1. The Labute approximate surface area is 139 Å². The predicted molar refractivity (Wildman–Crippen MR) is 89.4 cm³/mol. The zero-order chi connectivity index (χ0) is 16.3. The average molecular weight is 332 g/mol. The van der Waals surface area contributed by atoms with Crippen LogP contribution in [-0.2, 0) is 5.60 Å². The molecule has 1 aliphatic rings. The Hall–Kier alpha value is -2.11. The fourth-order valence-electron chi connectivity index (χ4n) is 2.74. The lowest BCUT2D eigenvalue weighted by molar-refractivity contribution is -0.0159. The highest BCUT2D eigenvalue weighted by atomic mass is 35.5. The molecule has 2 N–H and O–H groups in total. The summed E-state index contributed by atoms with van der Waals surface area (Å²) in [4.78, 5) is 18.1. The van der Waals surface area contributed by atoms with Crippen LogP contribution >= 0.6 is 11.6 Å². The fourth-order valence-corrected chi connectivity index (χ4v) is 2.87. The summed E-state index contributed by atoms with van der Waals surface area (Å²) in [6, 6.07) is 10.5. The van der Waals surface area contributed by atoms with Gasteiger partial charge in [0.2, 0.25) is 0 Å². The maximum Gasteiger partial charge on any atom is 0.321 e. The smallest absolute Gasteiger partial charge is 0.321 e. The van der Waals surface area contributed by atoms with E-state index in [4.69, 9.17) is 11.6 Å². The normalized spacial score (nSPS) is 16.9. The Bertz CT molecular complexity index is 668. The van der Waals surface area contributed by atoms with Crippen molar-refractivity contribution in [2.75, 3.05) is 18.4 Å². The molecule has 0 spiro atoms. The summed E-state index contributed by atoms with van der Waals surface area (Å²) in [6.45, 7) is 0.982. The van der Waals surface area contributed by atoms with Crippen LogP contribution in [0.15, 0.2) is 48.8 Å².